The molecule has 3 rings (SSSR count). The summed E-state index contributed by atoms with van der Waals surface area (Å²) < 4.78 is 2.41. The highest BCUT2D eigenvalue weighted by atomic mass is 79.9. The minimum Gasteiger partial charge on any atom is -0.325 e. The molecule has 148 valence electrons. The van der Waals surface area contributed by atoms with E-state index >= 15 is 0 Å². The molecule has 0 aliphatic rings. The summed E-state index contributed by atoms with van der Waals surface area (Å²) in [4.78, 5) is 28.4. The Labute approximate surface area is 176 Å². The third-order valence-corrected chi connectivity index (χ3v) is 4.99. The van der Waals surface area contributed by atoms with Gasteiger partial charge in [-0.1, -0.05) is 15.9 Å². The van der Waals surface area contributed by atoms with E-state index in [0.29, 0.717) is 29.0 Å². The van der Waals surface area contributed by atoms with Gasteiger partial charge in [-0.05, 0) is 44.0 Å². The van der Waals surface area contributed by atoms with Gasteiger partial charge in [0, 0.05) is 29.2 Å². The molecule has 0 spiro atoms. The van der Waals surface area contributed by atoms with Gasteiger partial charge < -0.3 is 10.6 Å². The number of hydrogen-bond donors (Lipinski definition) is 2. The SMILES string of the molecule is CC(=O)Nc1ccc(Br)cc1NC(=O)CCc1c(C)nc2c(C#N)cnn2c1C. The van der Waals surface area contributed by atoms with Gasteiger partial charge in [-0.25, -0.2) is 9.50 Å². The third-order valence-electron chi connectivity index (χ3n) is 4.50. The average Bonchev–Trinajstić information content (AvgIpc) is 3.06. The number of anilines is 2. The van der Waals surface area contributed by atoms with E-state index in [4.69, 9.17) is 5.26 Å². The van der Waals surface area contributed by atoms with Gasteiger partial charge in [0.15, 0.2) is 5.65 Å². The van der Waals surface area contributed by atoms with Crippen LogP contribution in [0, 0.1) is 25.2 Å². The number of aryl methyl sites for hydroxylation is 2. The van der Waals surface area contributed by atoms with Crippen LogP contribution in [0.4, 0.5) is 11.4 Å². The number of hydrogen-bond acceptors (Lipinski definition) is 5. The van der Waals surface area contributed by atoms with Crippen molar-refractivity contribution in [3.8, 4) is 6.07 Å². The number of rotatable bonds is 5. The van der Waals surface area contributed by atoms with Crippen molar-refractivity contribution in [1.82, 2.24) is 14.6 Å². The Hall–Kier alpha value is -3.25. The maximum atomic E-state index is 12.5. The Morgan fingerprint density at radius 3 is 2.69 bits per heavy atom. The molecule has 0 aliphatic heterocycles. The molecule has 9 heteroatoms. The van der Waals surface area contributed by atoms with Crippen LogP contribution in [-0.2, 0) is 16.0 Å². The first-order valence-corrected chi connectivity index (χ1v) is 9.70. The first-order chi connectivity index (χ1) is 13.8. The molecule has 3 aromatic rings. The van der Waals surface area contributed by atoms with E-state index in [1.54, 1.807) is 22.7 Å². The van der Waals surface area contributed by atoms with Crippen molar-refractivity contribution in [2.75, 3.05) is 10.6 Å². The Morgan fingerprint density at radius 2 is 2.00 bits per heavy atom. The van der Waals surface area contributed by atoms with E-state index in [2.05, 4.69) is 42.7 Å². The smallest absolute Gasteiger partial charge is 0.224 e. The molecule has 2 heterocycles. The summed E-state index contributed by atoms with van der Waals surface area (Å²) in [5, 5.41) is 18.9. The number of benzene rings is 1. The number of aromatic nitrogens is 3. The predicted octanol–water partition coefficient (Wildman–Crippen LogP) is 3.51. The summed E-state index contributed by atoms with van der Waals surface area (Å²) in [5.41, 5.74) is 4.52. The van der Waals surface area contributed by atoms with Gasteiger partial charge in [0.1, 0.15) is 11.6 Å². The summed E-state index contributed by atoms with van der Waals surface area (Å²) in [6.07, 6.45) is 2.19. The minimum atomic E-state index is -0.218. The summed E-state index contributed by atoms with van der Waals surface area (Å²) in [6.45, 7) is 5.17. The van der Waals surface area contributed by atoms with Gasteiger partial charge in [-0.15, -0.1) is 0 Å². The number of carbonyl (C=O) groups excluding carboxylic acids is 2. The number of fused-ring (bicyclic) bond motifs is 1. The summed E-state index contributed by atoms with van der Waals surface area (Å²) in [5.74, 6) is -0.406. The molecule has 0 bridgehead atoms. The van der Waals surface area contributed by atoms with Crippen LogP contribution in [0.5, 0.6) is 0 Å². The molecule has 0 saturated heterocycles. The van der Waals surface area contributed by atoms with Crippen molar-refractivity contribution >= 4 is 44.8 Å². The van der Waals surface area contributed by atoms with Crippen LogP contribution in [0.2, 0.25) is 0 Å². The fourth-order valence-corrected chi connectivity index (χ4v) is 3.48. The van der Waals surface area contributed by atoms with Crippen molar-refractivity contribution in [2.45, 2.75) is 33.6 Å². The second-order valence-corrected chi connectivity index (χ2v) is 7.50. The lowest BCUT2D eigenvalue weighted by Crippen LogP contribution is -2.16. The van der Waals surface area contributed by atoms with Gasteiger partial charge in [0.25, 0.3) is 0 Å². The van der Waals surface area contributed by atoms with E-state index < -0.39 is 0 Å². The zero-order chi connectivity index (χ0) is 21.1. The lowest BCUT2D eigenvalue weighted by atomic mass is 10.1. The molecular formula is C20H19BrN6O2. The number of halogens is 1. The Morgan fingerprint density at radius 1 is 1.24 bits per heavy atom. The van der Waals surface area contributed by atoms with Crippen molar-refractivity contribution in [3.05, 3.63) is 51.4 Å². The van der Waals surface area contributed by atoms with Crippen LogP contribution < -0.4 is 10.6 Å². The van der Waals surface area contributed by atoms with Crippen LogP contribution in [0.25, 0.3) is 5.65 Å². The Balaban J connectivity index is 1.78. The highest BCUT2D eigenvalue weighted by Gasteiger charge is 2.15. The van der Waals surface area contributed by atoms with E-state index in [0.717, 1.165) is 21.4 Å². The first-order valence-electron chi connectivity index (χ1n) is 8.91. The predicted molar refractivity (Wildman–Crippen MR) is 113 cm³/mol. The van der Waals surface area contributed by atoms with Crippen molar-refractivity contribution in [1.29, 1.82) is 5.26 Å². The molecular weight excluding hydrogens is 436 g/mol. The van der Waals surface area contributed by atoms with Gasteiger partial charge in [-0.2, -0.15) is 10.4 Å². The molecule has 8 nitrogen and oxygen atoms in total. The molecule has 0 radical (unpaired) electrons. The van der Waals surface area contributed by atoms with Crippen LogP contribution in [0.3, 0.4) is 0 Å². The fourth-order valence-electron chi connectivity index (χ4n) is 3.12. The number of amides is 2. The number of carbonyl (C=O) groups is 2. The van der Waals surface area contributed by atoms with E-state index in [1.165, 1.54) is 13.1 Å². The average molecular weight is 455 g/mol. The fraction of sp³-hybridized carbons (Fsp3) is 0.250. The van der Waals surface area contributed by atoms with Gasteiger partial charge in [0.2, 0.25) is 11.8 Å². The number of nitrogens with zero attached hydrogens (tertiary/aromatic N) is 4. The molecule has 0 aliphatic carbocycles. The van der Waals surface area contributed by atoms with Crippen LogP contribution in [-0.4, -0.2) is 26.4 Å². The Bertz CT molecular complexity index is 1160. The normalized spacial score (nSPS) is 10.6. The van der Waals surface area contributed by atoms with Crippen molar-refractivity contribution in [2.24, 2.45) is 0 Å². The summed E-state index contributed by atoms with van der Waals surface area (Å²) in [7, 11) is 0. The Kier molecular flexibility index (Phi) is 5.94. The quantitative estimate of drug-likeness (QED) is 0.612. The molecule has 2 aromatic heterocycles. The van der Waals surface area contributed by atoms with Crippen LogP contribution in [0.1, 0.15) is 35.9 Å². The molecule has 2 amide bonds. The number of nitrogens with one attached hydrogen (secondary N) is 2. The van der Waals surface area contributed by atoms with Crippen molar-refractivity contribution < 1.29 is 9.59 Å². The standard InChI is InChI=1S/C20H19BrN6O2/c1-11-16(12(2)27-20(24-11)14(9-22)10-23-27)5-7-19(29)26-18-8-15(21)4-6-17(18)25-13(3)28/h4,6,8,10H,5,7H2,1-3H3,(H,25,28)(H,26,29). The van der Waals surface area contributed by atoms with E-state index in [-0.39, 0.29) is 18.2 Å². The van der Waals surface area contributed by atoms with Crippen molar-refractivity contribution in [3.63, 3.8) is 0 Å². The zero-order valence-electron chi connectivity index (χ0n) is 16.2. The maximum absolute atomic E-state index is 12.5. The molecule has 0 fully saturated rings. The lowest BCUT2D eigenvalue weighted by Gasteiger charge is -2.13. The lowest BCUT2D eigenvalue weighted by molar-refractivity contribution is -0.116. The van der Waals surface area contributed by atoms with Gasteiger partial charge in [0.05, 0.1) is 17.6 Å². The third kappa shape index (κ3) is 4.43. The van der Waals surface area contributed by atoms with Gasteiger partial charge in [-0.3, -0.25) is 9.59 Å². The van der Waals surface area contributed by atoms with E-state index in [9.17, 15) is 9.59 Å². The summed E-state index contributed by atoms with van der Waals surface area (Å²) in [6, 6.07) is 7.32. The highest BCUT2D eigenvalue weighted by molar-refractivity contribution is 9.10. The maximum Gasteiger partial charge on any atom is 0.224 e. The van der Waals surface area contributed by atoms with Crippen LogP contribution in [0.15, 0.2) is 28.9 Å². The molecule has 29 heavy (non-hydrogen) atoms. The summed E-state index contributed by atoms with van der Waals surface area (Å²) >= 11 is 3.37. The van der Waals surface area contributed by atoms with Gasteiger partial charge >= 0.3 is 0 Å². The second kappa shape index (κ2) is 8.41. The largest absolute Gasteiger partial charge is 0.325 e. The molecule has 1 aromatic carbocycles. The highest BCUT2D eigenvalue weighted by Crippen LogP contribution is 2.26. The number of nitriles is 1. The topological polar surface area (TPSA) is 112 Å². The molecule has 0 atom stereocenters. The zero-order valence-corrected chi connectivity index (χ0v) is 17.8. The molecule has 0 unspecified atom stereocenters. The molecule has 0 saturated carbocycles. The first kappa shape index (κ1) is 20.5. The molecule has 2 N–H and O–H groups in total. The monoisotopic (exact) mass is 454 g/mol. The second-order valence-electron chi connectivity index (χ2n) is 6.59. The van der Waals surface area contributed by atoms with Crippen LogP contribution >= 0.6 is 15.9 Å². The van der Waals surface area contributed by atoms with E-state index in [1.807, 2.05) is 13.8 Å². The minimum absolute atomic E-state index is 0.188.